The van der Waals surface area contributed by atoms with Gasteiger partial charge in [0.1, 0.15) is 5.82 Å². The van der Waals surface area contributed by atoms with Crippen molar-refractivity contribution < 1.29 is 4.79 Å². The Morgan fingerprint density at radius 1 is 0.892 bits per heavy atom. The zero-order chi connectivity index (χ0) is 25.4. The van der Waals surface area contributed by atoms with Gasteiger partial charge in [-0.15, -0.1) is 0 Å². The van der Waals surface area contributed by atoms with Crippen LogP contribution in [-0.4, -0.2) is 25.3 Å². The van der Waals surface area contributed by atoms with E-state index in [2.05, 4.69) is 65.5 Å². The van der Waals surface area contributed by atoms with E-state index in [0.717, 1.165) is 39.6 Å². The van der Waals surface area contributed by atoms with Crippen LogP contribution in [-0.2, 0) is 13.1 Å². The summed E-state index contributed by atoms with van der Waals surface area (Å²) in [5, 5.41) is 8.09. The highest BCUT2D eigenvalue weighted by atomic mass is 16.2. The number of carbonyl (C=O) groups is 1. The molecule has 0 saturated carbocycles. The molecule has 5 aromatic rings. The van der Waals surface area contributed by atoms with Crippen LogP contribution in [0.5, 0.6) is 0 Å². The van der Waals surface area contributed by atoms with E-state index in [-0.39, 0.29) is 12.1 Å². The Morgan fingerprint density at radius 3 is 2.32 bits per heavy atom. The second-order valence-electron chi connectivity index (χ2n) is 9.52. The molecular weight excluding hydrogens is 458 g/mol. The number of fused-ring (bicyclic) bond motifs is 3. The molecule has 6 rings (SSSR count). The second kappa shape index (κ2) is 9.47. The minimum atomic E-state index is -0.262. The summed E-state index contributed by atoms with van der Waals surface area (Å²) in [5.74, 6) is 0.971. The summed E-state index contributed by atoms with van der Waals surface area (Å²) in [4.78, 5) is 15.8. The second-order valence-corrected chi connectivity index (χ2v) is 9.52. The van der Waals surface area contributed by atoms with Crippen molar-refractivity contribution >= 4 is 6.03 Å². The smallest absolute Gasteiger partial charge is 0.318 e. The van der Waals surface area contributed by atoms with E-state index in [9.17, 15) is 4.79 Å². The van der Waals surface area contributed by atoms with Crippen LogP contribution < -0.4 is 5.32 Å². The van der Waals surface area contributed by atoms with Gasteiger partial charge in [-0.25, -0.2) is 9.48 Å². The van der Waals surface area contributed by atoms with Crippen LogP contribution in [0.25, 0.3) is 11.5 Å². The number of rotatable bonds is 4. The fourth-order valence-electron chi connectivity index (χ4n) is 5.12. The van der Waals surface area contributed by atoms with Gasteiger partial charge in [-0.05, 0) is 49.2 Å². The number of hydrogen-bond donors (Lipinski definition) is 1. The maximum atomic E-state index is 13.9. The van der Waals surface area contributed by atoms with Gasteiger partial charge in [0.15, 0.2) is 0 Å². The Hall–Kier alpha value is -4.58. The Labute approximate surface area is 216 Å². The van der Waals surface area contributed by atoms with Crippen LogP contribution in [0.2, 0.25) is 0 Å². The topological polar surface area (TPSA) is 55.1 Å². The highest BCUT2D eigenvalue weighted by Gasteiger charge is 2.35. The van der Waals surface area contributed by atoms with Gasteiger partial charge in [-0.1, -0.05) is 78.4 Å². The lowest BCUT2D eigenvalue weighted by molar-refractivity contribution is 0.180. The summed E-state index contributed by atoms with van der Waals surface area (Å²) < 4.78 is 4.18. The first kappa shape index (κ1) is 22.9. The number of para-hydroxylation sites is 1. The molecule has 3 heterocycles. The van der Waals surface area contributed by atoms with E-state index in [1.165, 1.54) is 5.56 Å². The van der Waals surface area contributed by atoms with Crippen LogP contribution in [0, 0.1) is 13.8 Å². The predicted octanol–water partition coefficient (Wildman–Crippen LogP) is 6.09. The van der Waals surface area contributed by atoms with Gasteiger partial charge < -0.3 is 14.8 Å². The van der Waals surface area contributed by atoms with Gasteiger partial charge in [0, 0.05) is 18.3 Å². The third-order valence-electron chi connectivity index (χ3n) is 7.03. The Balaban J connectivity index is 1.49. The molecule has 0 aliphatic carbocycles. The molecule has 184 valence electrons. The molecule has 0 radical (unpaired) electrons. The van der Waals surface area contributed by atoms with Crippen molar-refractivity contribution in [3.8, 4) is 11.5 Å². The van der Waals surface area contributed by atoms with Gasteiger partial charge in [0.2, 0.25) is 0 Å². The standard InChI is InChI=1S/C31H29N5O/c1-22-15-17-25(18-16-22)29-28-14-9-19-34(28)30-27(23(2)33-36(30)26-12-7-4-8-13-26)21-35(29)31(37)32-20-24-10-5-3-6-11-24/h3-19,29H,20-21H2,1-2H3,(H,32,37)/t29-/m0/s1. The fourth-order valence-corrected chi connectivity index (χ4v) is 5.12. The van der Waals surface area contributed by atoms with E-state index >= 15 is 0 Å². The number of amides is 2. The fraction of sp³-hybridized carbons (Fsp3) is 0.161. The zero-order valence-corrected chi connectivity index (χ0v) is 21.0. The molecule has 37 heavy (non-hydrogen) atoms. The van der Waals surface area contributed by atoms with Crippen LogP contribution in [0.4, 0.5) is 4.79 Å². The average Bonchev–Trinajstić information content (AvgIpc) is 3.49. The predicted molar refractivity (Wildman–Crippen MR) is 145 cm³/mol. The van der Waals surface area contributed by atoms with Crippen molar-refractivity contribution in [3.63, 3.8) is 0 Å². The van der Waals surface area contributed by atoms with Crippen molar-refractivity contribution in [2.24, 2.45) is 0 Å². The van der Waals surface area contributed by atoms with E-state index < -0.39 is 0 Å². The van der Waals surface area contributed by atoms with Gasteiger partial charge in [0.05, 0.1) is 29.7 Å². The lowest BCUT2D eigenvalue weighted by Gasteiger charge is -2.31. The largest absolute Gasteiger partial charge is 0.334 e. The van der Waals surface area contributed by atoms with Crippen LogP contribution in [0.3, 0.4) is 0 Å². The lowest BCUT2D eigenvalue weighted by Crippen LogP contribution is -2.41. The maximum absolute atomic E-state index is 13.9. The molecule has 6 nitrogen and oxygen atoms in total. The van der Waals surface area contributed by atoms with Gasteiger partial charge in [-0.3, -0.25) is 0 Å². The van der Waals surface area contributed by atoms with Crippen molar-refractivity contribution in [1.29, 1.82) is 0 Å². The van der Waals surface area contributed by atoms with E-state index in [4.69, 9.17) is 5.10 Å². The van der Waals surface area contributed by atoms with Crippen molar-refractivity contribution in [3.05, 3.63) is 137 Å². The van der Waals surface area contributed by atoms with Crippen LogP contribution in [0.1, 0.15) is 39.7 Å². The van der Waals surface area contributed by atoms with Crippen LogP contribution >= 0.6 is 0 Å². The molecule has 1 atom stereocenters. The number of benzene rings is 3. The van der Waals surface area contributed by atoms with Crippen LogP contribution in [0.15, 0.2) is 103 Å². The summed E-state index contributed by atoms with van der Waals surface area (Å²) in [6, 6.07) is 32.4. The maximum Gasteiger partial charge on any atom is 0.318 e. The number of nitrogens with one attached hydrogen (secondary N) is 1. The molecule has 0 fully saturated rings. The number of nitrogens with zero attached hydrogens (tertiary/aromatic N) is 4. The number of aryl methyl sites for hydroxylation is 2. The Morgan fingerprint density at radius 2 is 1.59 bits per heavy atom. The first-order valence-electron chi connectivity index (χ1n) is 12.6. The normalized spacial score (nSPS) is 14.5. The molecule has 0 spiro atoms. The summed E-state index contributed by atoms with van der Waals surface area (Å²) >= 11 is 0. The first-order valence-corrected chi connectivity index (χ1v) is 12.6. The Bertz CT molecular complexity index is 1530. The van der Waals surface area contributed by atoms with Gasteiger partial charge in [-0.2, -0.15) is 5.10 Å². The molecule has 0 unspecified atom stereocenters. The first-order chi connectivity index (χ1) is 18.1. The van der Waals surface area contributed by atoms with Crippen molar-refractivity contribution in [2.45, 2.75) is 33.0 Å². The highest BCUT2D eigenvalue weighted by molar-refractivity contribution is 5.76. The van der Waals surface area contributed by atoms with Gasteiger partial charge in [0.25, 0.3) is 0 Å². The summed E-state index contributed by atoms with van der Waals surface area (Å²) in [7, 11) is 0. The lowest BCUT2D eigenvalue weighted by atomic mass is 10.0. The third-order valence-corrected chi connectivity index (χ3v) is 7.03. The van der Waals surface area contributed by atoms with E-state index in [1.807, 2.05) is 71.1 Å². The molecule has 3 aromatic carbocycles. The molecular formula is C31H29N5O. The third kappa shape index (κ3) is 4.20. The average molecular weight is 488 g/mol. The molecule has 1 N–H and O–H groups in total. The Kier molecular flexibility index (Phi) is 5.85. The molecule has 0 bridgehead atoms. The van der Waals surface area contributed by atoms with Crippen molar-refractivity contribution in [1.82, 2.24) is 24.6 Å². The number of aromatic nitrogens is 3. The van der Waals surface area contributed by atoms with E-state index in [0.29, 0.717) is 13.1 Å². The summed E-state index contributed by atoms with van der Waals surface area (Å²) in [6.45, 7) is 5.01. The molecule has 2 aromatic heterocycles. The molecule has 1 aliphatic heterocycles. The minimum Gasteiger partial charge on any atom is -0.334 e. The molecule has 0 saturated heterocycles. The summed E-state index contributed by atoms with van der Waals surface area (Å²) in [5.41, 5.74) is 7.27. The summed E-state index contributed by atoms with van der Waals surface area (Å²) in [6.07, 6.45) is 2.07. The molecule has 6 heteroatoms. The molecule has 1 aliphatic rings. The number of hydrogen-bond acceptors (Lipinski definition) is 2. The van der Waals surface area contributed by atoms with E-state index in [1.54, 1.807) is 0 Å². The monoisotopic (exact) mass is 487 g/mol. The highest BCUT2D eigenvalue weighted by Crippen LogP contribution is 2.38. The van der Waals surface area contributed by atoms with Gasteiger partial charge >= 0.3 is 6.03 Å². The minimum absolute atomic E-state index is 0.109. The number of urea groups is 1. The molecule has 2 amide bonds. The quantitative estimate of drug-likeness (QED) is 0.333. The zero-order valence-electron chi connectivity index (χ0n) is 21.0. The SMILES string of the molecule is Cc1ccc([C@H]2c3cccn3-c3c(c(C)nn3-c3ccccc3)CN2C(=O)NCc2ccccc2)cc1. The van der Waals surface area contributed by atoms with Crippen molar-refractivity contribution in [2.75, 3.05) is 0 Å². The number of carbonyl (C=O) groups excluding carboxylic acids is 1.